The molecular weight excluding hydrogens is 460 g/mol. The summed E-state index contributed by atoms with van der Waals surface area (Å²) in [6, 6.07) is 28.8. The third kappa shape index (κ3) is 3.37. The number of aromatic nitrogens is 2. The number of fused-ring (bicyclic) bond motifs is 3. The molecule has 0 amide bonds. The zero-order chi connectivity index (χ0) is 21.5. The monoisotopic (exact) mass is 478 g/mol. The van der Waals surface area contributed by atoms with Crippen LogP contribution in [0.25, 0.3) is 39.6 Å². The Morgan fingerprint density at radius 2 is 1.44 bits per heavy atom. The highest BCUT2D eigenvalue weighted by molar-refractivity contribution is 9.10. The molecule has 3 nitrogen and oxygen atoms in total. The molecule has 0 spiro atoms. The van der Waals surface area contributed by atoms with Crippen molar-refractivity contribution < 1.29 is 4.42 Å². The van der Waals surface area contributed by atoms with Gasteiger partial charge in [-0.25, -0.2) is 9.97 Å². The summed E-state index contributed by atoms with van der Waals surface area (Å²) in [7, 11) is 0. The highest BCUT2D eigenvalue weighted by atomic mass is 79.9. The maximum Gasteiger partial charge on any atom is 0.140 e. The fourth-order valence-corrected chi connectivity index (χ4v) is 4.69. The Morgan fingerprint density at radius 1 is 0.781 bits per heavy atom. The number of rotatable bonds is 3. The van der Waals surface area contributed by atoms with Crippen LogP contribution in [0.15, 0.2) is 99.9 Å². The van der Waals surface area contributed by atoms with E-state index in [1.165, 1.54) is 0 Å². The second-order valence-corrected chi connectivity index (χ2v) is 8.86. The molecule has 0 aliphatic heterocycles. The van der Waals surface area contributed by atoms with Gasteiger partial charge in [0.25, 0.3) is 0 Å². The van der Waals surface area contributed by atoms with Gasteiger partial charge in [0.1, 0.15) is 17.2 Å². The molecule has 5 aromatic rings. The van der Waals surface area contributed by atoms with Crippen LogP contribution in [0.2, 0.25) is 0 Å². The summed E-state index contributed by atoms with van der Waals surface area (Å²) in [5.41, 5.74) is 6.00. The molecule has 1 unspecified atom stereocenters. The van der Waals surface area contributed by atoms with E-state index in [9.17, 15) is 0 Å². The molecule has 32 heavy (non-hydrogen) atoms. The van der Waals surface area contributed by atoms with Crippen molar-refractivity contribution in [3.05, 3.63) is 113 Å². The maximum absolute atomic E-state index is 6.35. The van der Waals surface area contributed by atoms with E-state index in [1.54, 1.807) is 0 Å². The third-order valence-electron chi connectivity index (χ3n) is 5.88. The SMILES string of the molecule is Brc1ccc2oc3c(c2c1)C=CCC3c1nc(-c2ccccc2)cc(-c2ccccc2)n1. The molecule has 1 aliphatic rings. The van der Waals surface area contributed by atoms with Crippen LogP contribution in [0.3, 0.4) is 0 Å². The van der Waals surface area contributed by atoms with Crippen LogP contribution in [-0.2, 0) is 0 Å². The zero-order valence-electron chi connectivity index (χ0n) is 17.2. The average Bonchev–Trinajstić information content (AvgIpc) is 3.23. The Labute approximate surface area is 194 Å². The Hall–Kier alpha value is -3.50. The van der Waals surface area contributed by atoms with Gasteiger partial charge in [-0.1, -0.05) is 88.7 Å². The number of allylic oxidation sites excluding steroid dienone is 1. The van der Waals surface area contributed by atoms with E-state index in [0.717, 1.165) is 61.5 Å². The molecule has 1 aliphatic carbocycles. The molecule has 0 fully saturated rings. The topological polar surface area (TPSA) is 38.9 Å². The van der Waals surface area contributed by atoms with E-state index in [1.807, 2.05) is 48.5 Å². The molecule has 0 saturated heterocycles. The van der Waals surface area contributed by atoms with E-state index < -0.39 is 0 Å². The fraction of sp³-hybridized carbons (Fsp3) is 0.0714. The van der Waals surface area contributed by atoms with Crippen molar-refractivity contribution in [2.45, 2.75) is 12.3 Å². The van der Waals surface area contributed by atoms with Gasteiger partial charge in [0, 0.05) is 26.5 Å². The minimum Gasteiger partial charge on any atom is -0.460 e. The minimum atomic E-state index is -0.0349. The van der Waals surface area contributed by atoms with Crippen molar-refractivity contribution in [2.75, 3.05) is 0 Å². The lowest BCUT2D eigenvalue weighted by Gasteiger charge is -2.18. The number of benzene rings is 3. The van der Waals surface area contributed by atoms with E-state index in [-0.39, 0.29) is 5.92 Å². The summed E-state index contributed by atoms with van der Waals surface area (Å²) in [5, 5.41) is 1.11. The van der Waals surface area contributed by atoms with Gasteiger partial charge in [-0.05, 0) is 30.7 Å². The first kappa shape index (κ1) is 19.2. The van der Waals surface area contributed by atoms with Crippen LogP contribution >= 0.6 is 15.9 Å². The van der Waals surface area contributed by atoms with Crippen LogP contribution in [0, 0.1) is 0 Å². The van der Waals surface area contributed by atoms with Gasteiger partial charge in [0.15, 0.2) is 0 Å². The predicted molar refractivity (Wildman–Crippen MR) is 132 cm³/mol. The summed E-state index contributed by atoms with van der Waals surface area (Å²) in [6.45, 7) is 0. The first-order valence-corrected chi connectivity index (χ1v) is 11.4. The van der Waals surface area contributed by atoms with Gasteiger partial charge in [-0.15, -0.1) is 0 Å². The van der Waals surface area contributed by atoms with Crippen LogP contribution < -0.4 is 0 Å². The molecule has 3 aromatic carbocycles. The van der Waals surface area contributed by atoms with Crippen molar-refractivity contribution in [3.8, 4) is 22.5 Å². The molecule has 6 rings (SSSR count). The highest BCUT2D eigenvalue weighted by Gasteiger charge is 2.28. The number of hydrogen-bond acceptors (Lipinski definition) is 3. The molecule has 2 heterocycles. The number of furan rings is 1. The normalized spacial score (nSPS) is 15.1. The lowest BCUT2D eigenvalue weighted by Crippen LogP contribution is -2.10. The van der Waals surface area contributed by atoms with E-state index >= 15 is 0 Å². The molecule has 0 N–H and O–H groups in total. The number of hydrogen-bond donors (Lipinski definition) is 0. The summed E-state index contributed by atoms with van der Waals surface area (Å²) in [6.07, 6.45) is 5.16. The van der Waals surface area contributed by atoms with Crippen LogP contribution in [0.4, 0.5) is 0 Å². The van der Waals surface area contributed by atoms with E-state index in [4.69, 9.17) is 14.4 Å². The van der Waals surface area contributed by atoms with Crippen molar-refractivity contribution in [3.63, 3.8) is 0 Å². The van der Waals surface area contributed by atoms with Crippen molar-refractivity contribution in [2.24, 2.45) is 0 Å². The van der Waals surface area contributed by atoms with Crippen LogP contribution in [0.1, 0.15) is 29.5 Å². The lowest BCUT2D eigenvalue weighted by atomic mass is 9.91. The zero-order valence-corrected chi connectivity index (χ0v) is 18.8. The van der Waals surface area contributed by atoms with Gasteiger partial charge in [0.05, 0.1) is 17.3 Å². The van der Waals surface area contributed by atoms with Crippen molar-refractivity contribution in [1.82, 2.24) is 9.97 Å². The molecule has 0 radical (unpaired) electrons. The fourth-order valence-electron chi connectivity index (χ4n) is 4.33. The molecule has 1 atom stereocenters. The van der Waals surface area contributed by atoms with Gasteiger partial charge in [0.2, 0.25) is 0 Å². The average molecular weight is 479 g/mol. The summed E-state index contributed by atoms with van der Waals surface area (Å²) in [5.74, 6) is 1.69. The third-order valence-corrected chi connectivity index (χ3v) is 6.38. The molecular formula is C28H19BrN2O. The molecule has 154 valence electrons. The Bertz CT molecular complexity index is 1400. The number of nitrogens with zero attached hydrogens (tertiary/aromatic N) is 2. The predicted octanol–water partition coefficient (Wildman–Crippen LogP) is 7.87. The minimum absolute atomic E-state index is 0.0349. The Balaban J connectivity index is 1.55. The second-order valence-electron chi connectivity index (χ2n) is 7.94. The van der Waals surface area contributed by atoms with Gasteiger partial charge < -0.3 is 4.42 Å². The van der Waals surface area contributed by atoms with Gasteiger partial charge in [-0.3, -0.25) is 0 Å². The van der Waals surface area contributed by atoms with Crippen LogP contribution in [0.5, 0.6) is 0 Å². The van der Waals surface area contributed by atoms with Crippen LogP contribution in [-0.4, -0.2) is 9.97 Å². The number of halogens is 1. The van der Waals surface area contributed by atoms with Gasteiger partial charge in [-0.2, -0.15) is 0 Å². The smallest absolute Gasteiger partial charge is 0.140 e. The Morgan fingerprint density at radius 3 is 2.09 bits per heavy atom. The quantitative estimate of drug-likeness (QED) is 0.264. The van der Waals surface area contributed by atoms with Gasteiger partial charge >= 0.3 is 0 Å². The first-order chi connectivity index (χ1) is 15.8. The molecule has 0 saturated carbocycles. The maximum atomic E-state index is 6.35. The highest BCUT2D eigenvalue weighted by Crippen LogP contribution is 2.41. The molecule has 4 heteroatoms. The second kappa shape index (κ2) is 7.88. The summed E-state index contributed by atoms with van der Waals surface area (Å²) >= 11 is 3.59. The summed E-state index contributed by atoms with van der Waals surface area (Å²) in [4.78, 5) is 10.1. The summed E-state index contributed by atoms with van der Waals surface area (Å²) < 4.78 is 7.39. The van der Waals surface area contributed by atoms with E-state index in [0.29, 0.717) is 0 Å². The lowest BCUT2D eigenvalue weighted by molar-refractivity contribution is 0.506. The van der Waals surface area contributed by atoms with Crippen molar-refractivity contribution >= 4 is 33.0 Å². The first-order valence-electron chi connectivity index (χ1n) is 10.6. The van der Waals surface area contributed by atoms with Crippen molar-refractivity contribution in [1.29, 1.82) is 0 Å². The Kier molecular flexibility index (Phi) is 4.73. The largest absolute Gasteiger partial charge is 0.460 e. The standard InChI is InChI=1S/C28H19BrN2O/c29-20-14-15-26-23(16-20)21-12-7-13-22(27(21)32-26)28-30-24(18-8-3-1-4-9-18)17-25(31-28)19-10-5-2-6-11-19/h1-12,14-17,22H,13H2. The molecule has 0 bridgehead atoms. The van der Waals surface area contributed by atoms with E-state index in [2.05, 4.69) is 64.5 Å². The molecule has 2 aromatic heterocycles.